The van der Waals surface area contributed by atoms with Crippen molar-refractivity contribution in [1.29, 1.82) is 0 Å². The van der Waals surface area contributed by atoms with E-state index in [1.165, 1.54) is 0 Å². The number of piperidine rings is 1. The number of hydrogen-bond donors (Lipinski definition) is 2. The maximum absolute atomic E-state index is 13.0. The predicted molar refractivity (Wildman–Crippen MR) is 106 cm³/mol. The Morgan fingerprint density at radius 3 is 2.00 bits per heavy atom. The molecule has 0 aliphatic carbocycles. The number of amides is 2. The molecule has 0 aromatic heterocycles. The van der Waals surface area contributed by atoms with Gasteiger partial charge in [0.05, 0.1) is 16.7 Å². The van der Waals surface area contributed by atoms with Crippen molar-refractivity contribution in [2.24, 2.45) is 11.7 Å². The number of nitrogens with zero attached hydrogens (tertiary/aromatic N) is 1. The molecule has 1 aromatic rings. The van der Waals surface area contributed by atoms with E-state index in [9.17, 15) is 35.9 Å². The van der Waals surface area contributed by atoms with Crippen LogP contribution in [0, 0.1) is 5.92 Å². The number of likely N-dealkylation sites (tertiary alicyclic amines) is 1. The first kappa shape index (κ1) is 25.3. The van der Waals surface area contributed by atoms with Gasteiger partial charge in [0, 0.05) is 38.4 Å². The topological polar surface area (TPSA) is 84.7 Å². The number of nitrogens with one attached hydrogen (secondary N) is 1. The number of carbonyl (C=O) groups excluding carboxylic acids is 2. The summed E-state index contributed by atoms with van der Waals surface area (Å²) in [5, 5.41) is 2.15. The van der Waals surface area contributed by atoms with Crippen LogP contribution in [0.1, 0.15) is 43.2 Å². The second kappa shape index (κ2) is 9.49. The maximum atomic E-state index is 13.0. The van der Waals surface area contributed by atoms with Crippen molar-refractivity contribution in [1.82, 2.24) is 4.90 Å². The zero-order valence-electron chi connectivity index (χ0n) is 17.7. The average molecular weight is 481 g/mol. The van der Waals surface area contributed by atoms with E-state index in [1.54, 1.807) is 4.90 Å². The van der Waals surface area contributed by atoms with Crippen LogP contribution in [0.4, 0.5) is 32.0 Å². The second-order valence-corrected chi connectivity index (χ2v) is 8.55. The molecule has 0 bridgehead atoms. The molecule has 12 heteroatoms. The molecular weight excluding hydrogens is 456 g/mol. The Morgan fingerprint density at radius 1 is 1.00 bits per heavy atom. The van der Waals surface area contributed by atoms with E-state index in [0.717, 1.165) is 0 Å². The zero-order valence-corrected chi connectivity index (χ0v) is 17.7. The molecule has 0 saturated carbocycles. The second-order valence-electron chi connectivity index (χ2n) is 8.55. The lowest BCUT2D eigenvalue weighted by Gasteiger charge is -2.39. The van der Waals surface area contributed by atoms with Gasteiger partial charge in [-0.25, -0.2) is 0 Å². The van der Waals surface area contributed by atoms with Crippen molar-refractivity contribution in [2.75, 3.05) is 31.6 Å². The highest BCUT2D eigenvalue weighted by Crippen LogP contribution is 2.37. The fourth-order valence-electron chi connectivity index (χ4n) is 4.11. The van der Waals surface area contributed by atoms with E-state index in [1.807, 2.05) is 0 Å². The molecule has 2 saturated heterocycles. The molecule has 33 heavy (non-hydrogen) atoms. The highest BCUT2D eigenvalue weighted by Gasteiger charge is 2.40. The van der Waals surface area contributed by atoms with Crippen molar-refractivity contribution in [2.45, 2.75) is 50.0 Å². The summed E-state index contributed by atoms with van der Waals surface area (Å²) < 4.78 is 83.1. The van der Waals surface area contributed by atoms with Crippen molar-refractivity contribution in [3.8, 4) is 0 Å². The first-order valence-electron chi connectivity index (χ1n) is 10.5. The van der Waals surface area contributed by atoms with Gasteiger partial charge in [-0.05, 0) is 49.8 Å². The minimum absolute atomic E-state index is 0.00500. The number of carbonyl (C=O) groups is 2. The van der Waals surface area contributed by atoms with Gasteiger partial charge in [-0.1, -0.05) is 0 Å². The molecule has 184 valence electrons. The molecule has 2 amide bonds. The third-order valence-corrected chi connectivity index (χ3v) is 6.06. The maximum Gasteiger partial charge on any atom is 0.416 e. The van der Waals surface area contributed by atoms with Crippen LogP contribution in [0.25, 0.3) is 0 Å². The Morgan fingerprint density at radius 2 is 1.52 bits per heavy atom. The van der Waals surface area contributed by atoms with Crippen LogP contribution in [0.15, 0.2) is 18.2 Å². The lowest BCUT2D eigenvalue weighted by molar-refractivity contribution is -0.143. The standard InChI is InChI=1S/C21H25F6N3O3/c22-20(23,24)14-10-15(21(25,26)27)12-16(11-14)29-17(31)9-13-1-5-30(6-2-13)18(32)19(28)3-7-33-8-4-19/h10-13H,1-9,28H2,(H,29,31). The number of benzene rings is 1. The molecule has 6 nitrogen and oxygen atoms in total. The summed E-state index contributed by atoms with van der Waals surface area (Å²) in [6.45, 7) is 1.56. The van der Waals surface area contributed by atoms with Crippen LogP contribution in [0.3, 0.4) is 0 Å². The van der Waals surface area contributed by atoms with Crippen molar-refractivity contribution >= 4 is 17.5 Å². The summed E-state index contributed by atoms with van der Waals surface area (Å²) in [4.78, 5) is 26.7. The monoisotopic (exact) mass is 481 g/mol. The van der Waals surface area contributed by atoms with Gasteiger partial charge in [0.25, 0.3) is 0 Å². The van der Waals surface area contributed by atoms with Crippen LogP contribution in [0.5, 0.6) is 0 Å². The highest BCUT2D eigenvalue weighted by atomic mass is 19.4. The Labute approximate surface area is 186 Å². The van der Waals surface area contributed by atoms with E-state index in [2.05, 4.69) is 5.32 Å². The average Bonchev–Trinajstić information content (AvgIpc) is 2.73. The van der Waals surface area contributed by atoms with Crippen LogP contribution in [-0.2, 0) is 26.7 Å². The molecule has 3 rings (SSSR count). The van der Waals surface area contributed by atoms with E-state index < -0.39 is 40.6 Å². The molecule has 0 unspecified atom stereocenters. The number of anilines is 1. The fourth-order valence-corrected chi connectivity index (χ4v) is 4.11. The number of nitrogens with two attached hydrogens (primary N) is 1. The van der Waals surface area contributed by atoms with Gasteiger partial charge in [-0.3, -0.25) is 9.59 Å². The van der Waals surface area contributed by atoms with Gasteiger partial charge in [0.15, 0.2) is 0 Å². The molecule has 0 spiro atoms. The summed E-state index contributed by atoms with van der Waals surface area (Å²) in [6.07, 6.45) is -8.28. The third-order valence-electron chi connectivity index (χ3n) is 6.06. The molecule has 0 radical (unpaired) electrons. The molecule has 2 aliphatic rings. The van der Waals surface area contributed by atoms with E-state index in [4.69, 9.17) is 10.5 Å². The molecule has 2 aliphatic heterocycles. The van der Waals surface area contributed by atoms with Gasteiger partial charge < -0.3 is 20.7 Å². The smallest absolute Gasteiger partial charge is 0.381 e. The van der Waals surface area contributed by atoms with Crippen LogP contribution in [-0.4, -0.2) is 48.6 Å². The van der Waals surface area contributed by atoms with Crippen LogP contribution < -0.4 is 11.1 Å². The molecule has 1 aromatic carbocycles. The number of ether oxygens (including phenoxy) is 1. The molecular formula is C21H25F6N3O3. The van der Waals surface area contributed by atoms with Crippen molar-refractivity contribution in [3.63, 3.8) is 0 Å². The van der Waals surface area contributed by atoms with Crippen LogP contribution >= 0.6 is 0 Å². The van der Waals surface area contributed by atoms with Gasteiger partial charge in [-0.15, -0.1) is 0 Å². The largest absolute Gasteiger partial charge is 0.416 e. The quantitative estimate of drug-likeness (QED) is 0.641. The van der Waals surface area contributed by atoms with E-state index in [0.29, 0.717) is 64.1 Å². The SMILES string of the molecule is NC1(C(=O)N2CCC(CC(=O)Nc3cc(C(F)(F)F)cc(C(F)(F)F)c3)CC2)CCOCC1. The molecule has 0 atom stereocenters. The highest BCUT2D eigenvalue weighted by molar-refractivity contribution is 5.91. The summed E-state index contributed by atoms with van der Waals surface area (Å²) in [6, 6.07) is 0.955. The summed E-state index contributed by atoms with van der Waals surface area (Å²) in [7, 11) is 0. The van der Waals surface area contributed by atoms with Crippen LogP contribution in [0.2, 0.25) is 0 Å². The number of halogens is 6. The normalized spacial score (nSPS) is 19.9. The molecule has 2 heterocycles. The van der Waals surface area contributed by atoms with E-state index >= 15 is 0 Å². The van der Waals surface area contributed by atoms with Crippen molar-refractivity contribution < 1.29 is 40.7 Å². The number of hydrogen-bond acceptors (Lipinski definition) is 4. The van der Waals surface area contributed by atoms with Crippen molar-refractivity contribution in [3.05, 3.63) is 29.3 Å². The summed E-state index contributed by atoms with van der Waals surface area (Å²) in [5.74, 6) is -1.02. The zero-order chi connectivity index (χ0) is 24.4. The van der Waals surface area contributed by atoms with Gasteiger partial charge >= 0.3 is 12.4 Å². The Kier molecular flexibility index (Phi) is 7.27. The minimum atomic E-state index is -5.00. The van der Waals surface area contributed by atoms with Gasteiger partial charge in [0.2, 0.25) is 11.8 Å². The number of alkyl halides is 6. The predicted octanol–water partition coefficient (Wildman–Crippen LogP) is 3.80. The first-order valence-corrected chi connectivity index (χ1v) is 10.5. The van der Waals surface area contributed by atoms with E-state index in [-0.39, 0.29) is 24.3 Å². The summed E-state index contributed by atoms with van der Waals surface area (Å²) >= 11 is 0. The summed E-state index contributed by atoms with van der Waals surface area (Å²) in [5.41, 5.74) is 1.69. The lowest BCUT2D eigenvalue weighted by atomic mass is 9.87. The van der Waals surface area contributed by atoms with Gasteiger partial charge in [0.1, 0.15) is 0 Å². The minimum Gasteiger partial charge on any atom is -0.381 e. The Hall–Kier alpha value is -2.34. The third kappa shape index (κ3) is 6.38. The Bertz CT molecular complexity index is 841. The molecule has 3 N–H and O–H groups in total. The lowest BCUT2D eigenvalue weighted by Crippen LogP contribution is -2.59. The Balaban J connectivity index is 1.58. The fraction of sp³-hybridized carbons (Fsp3) is 0.619. The van der Waals surface area contributed by atoms with Gasteiger partial charge in [-0.2, -0.15) is 26.3 Å². The number of rotatable bonds is 4. The first-order chi connectivity index (χ1) is 15.3. The molecule has 2 fully saturated rings.